The summed E-state index contributed by atoms with van der Waals surface area (Å²) in [5.74, 6) is 0. The van der Waals surface area contributed by atoms with E-state index in [-0.39, 0.29) is 0 Å². The van der Waals surface area contributed by atoms with E-state index < -0.39 is 0 Å². The number of rotatable bonds is 8. The minimum Gasteiger partial charge on any atom is -0.455 e. The first-order chi connectivity index (χ1) is 30.7. The van der Waals surface area contributed by atoms with Crippen LogP contribution >= 0.6 is 0 Å². The van der Waals surface area contributed by atoms with Crippen molar-refractivity contribution in [3.8, 4) is 44.5 Å². The fourth-order valence-corrected chi connectivity index (χ4v) is 9.34. The first kappa shape index (κ1) is 35.8. The molecule has 0 unspecified atom stereocenters. The van der Waals surface area contributed by atoms with Gasteiger partial charge in [0.05, 0.1) is 11.1 Å². The van der Waals surface area contributed by atoms with Crippen LogP contribution in [-0.2, 0) is 6.54 Å². The summed E-state index contributed by atoms with van der Waals surface area (Å²) < 4.78 is 13.6. The molecular weight excluding hydrogens is 755 g/mol. The smallest absolute Gasteiger partial charge is 0.145 e. The Labute approximate surface area is 359 Å². The molecule has 0 aliphatic heterocycles. The van der Waals surface area contributed by atoms with Crippen molar-refractivity contribution in [3.63, 3.8) is 0 Å². The third-order valence-electron chi connectivity index (χ3n) is 12.4. The molecule has 0 saturated carbocycles. The third-order valence-corrected chi connectivity index (χ3v) is 12.4. The van der Waals surface area contributed by atoms with Crippen LogP contribution in [0.4, 0.5) is 11.4 Å². The number of fused-ring (bicyclic) bond motifs is 8. The first-order valence-electron chi connectivity index (χ1n) is 21.2. The lowest BCUT2D eigenvalue weighted by molar-refractivity contribution is 0.670. The molecule has 0 fully saturated rings. The van der Waals surface area contributed by atoms with Crippen molar-refractivity contribution in [1.29, 1.82) is 0 Å². The Bertz CT molecular complexity index is 3570. The van der Waals surface area contributed by atoms with Crippen molar-refractivity contribution < 1.29 is 8.83 Å². The van der Waals surface area contributed by atoms with E-state index in [1.54, 1.807) is 0 Å². The van der Waals surface area contributed by atoms with Gasteiger partial charge in [-0.15, -0.1) is 0 Å². The molecule has 12 rings (SSSR count). The van der Waals surface area contributed by atoms with E-state index in [0.29, 0.717) is 6.54 Å². The van der Waals surface area contributed by atoms with Crippen molar-refractivity contribution in [3.05, 3.63) is 230 Å². The Hall–Kier alpha value is -8.14. The van der Waals surface area contributed by atoms with Gasteiger partial charge in [0.2, 0.25) is 0 Å². The van der Waals surface area contributed by atoms with Crippen LogP contribution in [0.3, 0.4) is 0 Å². The molecule has 2 aromatic heterocycles. The predicted molar refractivity (Wildman–Crippen MR) is 259 cm³/mol. The van der Waals surface area contributed by atoms with Gasteiger partial charge in [-0.05, 0) is 80.7 Å². The minimum absolute atomic E-state index is 0.630. The van der Waals surface area contributed by atoms with Crippen molar-refractivity contribution in [2.75, 3.05) is 4.90 Å². The lowest BCUT2D eigenvalue weighted by Gasteiger charge is -2.27. The molecule has 0 amide bonds. The van der Waals surface area contributed by atoms with E-state index in [9.17, 15) is 0 Å². The van der Waals surface area contributed by atoms with Crippen LogP contribution in [0.2, 0.25) is 0 Å². The van der Waals surface area contributed by atoms with E-state index in [1.807, 2.05) is 12.1 Å². The second-order valence-corrected chi connectivity index (χ2v) is 16.0. The number of nitrogens with zero attached hydrogens (tertiary/aromatic N) is 1. The van der Waals surface area contributed by atoms with Crippen LogP contribution in [-0.4, -0.2) is 0 Å². The van der Waals surface area contributed by atoms with Gasteiger partial charge in [0.1, 0.15) is 22.3 Å². The highest BCUT2D eigenvalue weighted by Crippen LogP contribution is 2.48. The van der Waals surface area contributed by atoms with Gasteiger partial charge >= 0.3 is 0 Å². The van der Waals surface area contributed by atoms with Gasteiger partial charge in [-0.3, -0.25) is 0 Å². The van der Waals surface area contributed by atoms with E-state index in [2.05, 4.69) is 217 Å². The van der Waals surface area contributed by atoms with Crippen molar-refractivity contribution in [2.24, 2.45) is 0 Å². The predicted octanol–water partition coefficient (Wildman–Crippen LogP) is 16.6. The Morgan fingerprint density at radius 2 is 0.855 bits per heavy atom. The average molecular weight is 794 g/mol. The van der Waals surface area contributed by atoms with Gasteiger partial charge in [0, 0.05) is 44.9 Å². The topological polar surface area (TPSA) is 29.5 Å². The molecule has 0 saturated heterocycles. The van der Waals surface area contributed by atoms with Crippen LogP contribution < -0.4 is 4.90 Å². The van der Waals surface area contributed by atoms with Crippen molar-refractivity contribution in [2.45, 2.75) is 6.54 Å². The molecule has 62 heavy (non-hydrogen) atoms. The van der Waals surface area contributed by atoms with Gasteiger partial charge in [0.15, 0.2) is 0 Å². The summed E-state index contributed by atoms with van der Waals surface area (Å²) in [6, 6.07) is 80.0. The van der Waals surface area contributed by atoms with Gasteiger partial charge in [-0.1, -0.05) is 188 Å². The van der Waals surface area contributed by atoms with Gasteiger partial charge in [-0.2, -0.15) is 0 Å². The van der Waals surface area contributed by atoms with E-state index in [4.69, 9.17) is 8.83 Å². The highest BCUT2D eigenvalue weighted by Gasteiger charge is 2.24. The molecule has 2 heterocycles. The summed E-state index contributed by atoms with van der Waals surface area (Å²) in [5, 5.41) is 6.70. The number of hydrogen-bond acceptors (Lipinski definition) is 3. The SMILES string of the molecule is c1ccc(-c2ccc(N(Cc3ccc(-c4cccc5c4oc4ccccc45)cc3)c3ccc(-c4ccccc4)c4oc5c6ccccc6c(-c6ccccc6)cc5c34)cc2)cc1. The molecule has 3 heteroatoms. The molecule has 0 atom stereocenters. The molecule has 10 aromatic carbocycles. The molecule has 0 spiro atoms. The van der Waals surface area contributed by atoms with Crippen LogP contribution in [0.1, 0.15) is 5.56 Å². The third kappa shape index (κ3) is 6.05. The largest absolute Gasteiger partial charge is 0.455 e. The van der Waals surface area contributed by atoms with Gasteiger partial charge < -0.3 is 13.7 Å². The van der Waals surface area contributed by atoms with Crippen LogP contribution in [0.25, 0.3) is 99.2 Å². The summed E-state index contributed by atoms with van der Waals surface area (Å²) in [7, 11) is 0. The maximum atomic E-state index is 7.18. The monoisotopic (exact) mass is 793 g/mol. The van der Waals surface area contributed by atoms with E-state index >= 15 is 0 Å². The minimum atomic E-state index is 0.630. The lowest BCUT2D eigenvalue weighted by atomic mass is 9.94. The van der Waals surface area contributed by atoms with Gasteiger partial charge in [-0.25, -0.2) is 0 Å². The Morgan fingerprint density at radius 1 is 0.323 bits per heavy atom. The number of para-hydroxylation sites is 2. The molecule has 12 aromatic rings. The van der Waals surface area contributed by atoms with Crippen molar-refractivity contribution >= 4 is 66.0 Å². The molecule has 3 nitrogen and oxygen atoms in total. The number of anilines is 2. The van der Waals surface area contributed by atoms with Gasteiger partial charge in [0.25, 0.3) is 0 Å². The fraction of sp³-hybridized carbons (Fsp3) is 0.0169. The fourth-order valence-electron chi connectivity index (χ4n) is 9.34. The molecule has 0 aliphatic carbocycles. The zero-order chi connectivity index (χ0) is 41.0. The Morgan fingerprint density at radius 3 is 1.58 bits per heavy atom. The maximum Gasteiger partial charge on any atom is 0.145 e. The second kappa shape index (κ2) is 14.8. The molecule has 0 N–H and O–H groups in total. The Balaban J connectivity index is 1.06. The summed E-state index contributed by atoms with van der Waals surface area (Å²) >= 11 is 0. The zero-order valence-corrected chi connectivity index (χ0v) is 33.8. The normalized spacial score (nSPS) is 11.6. The van der Waals surface area contributed by atoms with E-state index in [1.165, 1.54) is 33.2 Å². The zero-order valence-electron chi connectivity index (χ0n) is 33.8. The maximum absolute atomic E-state index is 7.18. The van der Waals surface area contributed by atoms with E-state index in [0.717, 1.165) is 82.9 Å². The van der Waals surface area contributed by atoms with Crippen LogP contribution in [0, 0.1) is 0 Å². The summed E-state index contributed by atoms with van der Waals surface area (Å²) in [6.45, 7) is 0.630. The number of furan rings is 2. The lowest BCUT2D eigenvalue weighted by Crippen LogP contribution is -2.17. The molecule has 0 bridgehead atoms. The number of benzene rings is 10. The van der Waals surface area contributed by atoms with Crippen LogP contribution in [0.15, 0.2) is 233 Å². The summed E-state index contributed by atoms with van der Waals surface area (Å²) in [6.07, 6.45) is 0. The van der Waals surface area contributed by atoms with Crippen molar-refractivity contribution in [1.82, 2.24) is 0 Å². The summed E-state index contributed by atoms with van der Waals surface area (Å²) in [5.41, 5.74) is 16.0. The number of hydrogen-bond donors (Lipinski definition) is 0. The Kier molecular flexibility index (Phi) is 8.57. The average Bonchev–Trinajstić information content (AvgIpc) is 3.94. The summed E-state index contributed by atoms with van der Waals surface area (Å²) in [4.78, 5) is 2.45. The van der Waals surface area contributed by atoms with Crippen LogP contribution in [0.5, 0.6) is 0 Å². The molecular formula is C59H39NO2. The molecule has 0 radical (unpaired) electrons. The first-order valence-corrected chi connectivity index (χ1v) is 21.2. The highest BCUT2D eigenvalue weighted by molar-refractivity contribution is 6.24. The molecule has 292 valence electrons. The highest BCUT2D eigenvalue weighted by atomic mass is 16.3. The quantitative estimate of drug-likeness (QED) is 0.153. The standard InChI is InChI=1S/C59H39NO2/c1-4-15-40(16-5-1)41-31-33-45(34-32-41)60(38-39-27-29-44(30-28-39)46-24-14-25-51-49-22-12-13-26-55(49)61-57(46)51)54-36-35-47(42-17-6-2-7-18-42)59-56(54)53-37-52(43-19-8-3-9-20-43)48-21-10-11-23-50(48)58(53)62-59/h1-37H,38H2. The second-order valence-electron chi connectivity index (χ2n) is 16.0. The molecule has 0 aliphatic rings.